The Labute approximate surface area is 116 Å². The number of aliphatic carboxylic acids is 1. The number of likely N-dealkylation sites (N-methyl/N-ethyl adjacent to an activating group) is 1. The largest absolute Gasteiger partial charge is 0.481 e. The van der Waals surface area contributed by atoms with Crippen LogP contribution >= 0.6 is 0 Å². The van der Waals surface area contributed by atoms with Gasteiger partial charge in [-0.05, 0) is 37.4 Å². The molecule has 0 aromatic heterocycles. The van der Waals surface area contributed by atoms with Crippen molar-refractivity contribution in [1.82, 2.24) is 4.90 Å². The van der Waals surface area contributed by atoms with Crippen LogP contribution in [0, 0.1) is 0 Å². The summed E-state index contributed by atoms with van der Waals surface area (Å²) in [7, 11) is 2.01. The third kappa shape index (κ3) is 5.43. The van der Waals surface area contributed by atoms with Crippen molar-refractivity contribution in [3.8, 4) is 0 Å². The van der Waals surface area contributed by atoms with Crippen LogP contribution in [-0.2, 0) is 17.6 Å². The molecule has 0 aliphatic rings. The Morgan fingerprint density at radius 1 is 1.21 bits per heavy atom. The zero-order valence-electron chi connectivity index (χ0n) is 12.2. The molecule has 0 bridgehead atoms. The van der Waals surface area contributed by atoms with Crippen molar-refractivity contribution in [2.24, 2.45) is 0 Å². The second kappa shape index (κ2) is 7.95. The molecule has 1 aromatic carbocycles. The van der Waals surface area contributed by atoms with Gasteiger partial charge in [-0.25, -0.2) is 0 Å². The summed E-state index contributed by atoms with van der Waals surface area (Å²) < 4.78 is 0. The van der Waals surface area contributed by atoms with Gasteiger partial charge in [-0.15, -0.1) is 0 Å². The van der Waals surface area contributed by atoms with Crippen LogP contribution in [0.5, 0.6) is 0 Å². The quantitative estimate of drug-likeness (QED) is 0.784. The number of carboxylic acids is 1. The number of rotatable bonds is 8. The topological polar surface area (TPSA) is 40.5 Å². The van der Waals surface area contributed by atoms with Crippen molar-refractivity contribution >= 4 is 5.97 Å². The highest BCUT2D eigenvalue weighted by Gasteiger charge is 2.14. The van der Waals surface area contributed by atoms with Crippen LogP contribution in [0.2, 0.25) is 0 Å². The Morgan fingerprint density at radius 2 is 1.79 bits per heavy atom. The molecular weight excluding hydrogens is 238 g/mol. The SMILES string of the molecule is CCc1ccc(CC(CC)N(C)CCC(=O)O)cc1. The van der Waals surface area contributed by atoms with Crippen LogP contribution in [0.1, 0.15) is 37.8 Å². The molecular formula is C16H25NO2. The van der Waals surface area contributed by atoms with Crippen molar-refractivity contribution in [1.29, 1.82) is 0 Å². The van der Waals surface area contributed by atoms with E-state index in [1.165, 1.54) is 11.1 Å². The number of aryl methyl sites for hydroxylation is 1. The molecule has 3 nitrogen and oxygen atoms in total. The summed E-state index contributed by atoms with van der Waals surface area (Å²) in [6.45, 7) is 4.92. The fourth-order valence-electron chi connectivity index (χ4n) is 2.25. The number of carboxylic acid groups (broad SMARTS) is 1. The first-order valence-electron chi connectivity index (χ1n) is 7.06. The van der Waals surface area contributed by atoms with Gasteiger partial charge in [-0.3, -0.25) is 4.79 Å². The summed E-state index contributed by atoms with van der Waals surface area (Å²) >= 11 is 0. The number of benzene rings is 1. The maximum Gasteiger partial charge on any atom is 0.304 e. The Balaban J connectivity index is 2.56. The van der Waals surface area contributed by atoms with Gasteiger partial charge in [-0.2, -0.15) is 0 Å². The molecule has 0 saturated heterocycles. The second-order valence-corrected chi connectivity index (χ2v) is 5.06. The highest BCUT2D eigenvalue weighted by molar-refractivity contribution is 5.66. The Hall–Kier alpha value is -1.35. The molecule has 0 saturated carbocycles. The molecule has 1 atom stereocenters. The molecule has 1 unspecified atom stereocenters. The van der Waals surface area contributed by atoms with E-state index in [0.717, 1.165) is 19.3 Å². The van der Waals surface area contributed by atoms with Crippen LogP contribution in [0.25, 0.3) is 0 Å². The molecule has 0 radical (unpaired) electrons. The van der Waals surface area contributed by atoms with Crippen molar-refractivity contribution in [2.75, 3.05) is 13.6 Å². The van der Waals surface area contributed by atoms with E-state index < -0.39 is 5.97 Å². The molecule has 0 fully saturated rings. The molecule has 0 aliphatic carbocycles. The first-order chi connectivity index (χ1) is 9.06. The van der Waals surface area contributed by atoms with Crippen molar-refractivity contribution < 1.29 is 9.90 Å². The van der Waals surface area contributed by atoms with E-state index in [1.807, 2.05) is 7.05 Å². The highest BCUT2D eigenvalue weighted by atomic mass is 16.4. The third-order valence-corrected chi connectivity index (χ3v) is 3.68. The van der Waals surface area contributed by atoms with Crippen molar-refractivity contribution in [2.45, 2.75) is 45.6 Å². The predicted octanol–water partition coefficient (Wildman–Crippen LogP) is 2.98. The maximum atomic E-state index is 10.6. The predicted molar refractivity (Wildman–Crippen MR) is 78.5 cm³/mol. The zero-order chi connectivity index (χ0) is 14.3. The van der Waals surface area contributed by atoms with Gasteiger partial charge in [0.25, 0.3) is 0 Å². The number of nitrogens with zero attached hydrogens (tertiary/aromatic N) is 1. The second-order valence-electron chi connectivity index (χ2n) is 5.06. The van der Waals surface area contributed by atoms with Crippen LogP contribution in [0.4, 0.5) is 0 Å². The average molecular weight is 263 g/mol. The highest BCUT2D eigenvalue weighted by Crippen LogP contribution is 2.13. The summed E-state index contributed by atoms with van der Waals surface area (Å²) in [6, 6.07) is 9.14. The monoisotopic (exact) mass is 263 g/mol. The van der Waals surface area contributed by atoms with Gasteiger partial charge >= 0.3 is 5.97 Å². The van der Waals surface area contributed by atoms with E-state index in [0.29, 0.717) is 12.6 Å². The maximum absolute atomic E-state index is 10.6. The lowest BCUT2D eigenvalue weighted by Gasteiger charge is -2.26. The van der Waals surface area contributed by atoms with Gasteiger partial charge in [-0.1, -0.05) is 38.1 Å². The minimum atomic E-state index is -0.728. The molecule has 0 spiro atoms. The van der Waals surface area contributed by atoms with Crippen LogP contribution in [-0.4, -0.2) is 35.6 Å². The summed E-state index contributed by atoms with van der Waals surface area (Å²) in [5.41, 5.74) is 2.68. The van der Waals surface area contributed by atoms with E-state index in [4.69, 9.17) is 5.11 Å². The lowest BCUT2D eigenvalue weighted by Crippen LogP contribution is -2.34. The Bertz CT molecular complexity index is 386. The van der Waals surface area contributed by atoms with E-state index >= 15 is 0 Å². The molecule has 3 heteroatoms. The van der Waals surface area contributed by atoms with Crippen LogP contribution < -0.4 is 0 Å². The lowest BCUT2D eigenvalue weighted by atomic mass is 10.0. The van der Waals surface area contributed by atoms with Gasteiger partial charge in [0.2, 0.25) is 0 Å². The van der Waals surface area contributed by atoms with Crippen LogP contribution in [0.3, 0.4) is 0 Å². The van der Waals surface area contributed by atoms with Gasteiger partial charge in [0.15, 0.2) is 0 Å². The average Bonchev–Trinajstić information content (AvgIpc) is 2.42. The summed E-state index contributed by atoms with van der Waals surface area (Å²) in [5, 5.41) is 8.74. The molecule has 1 aromatic rings. The summed E-state index contributed by atoms with van der Waals surface area (Å²) in [5.74, 6) is -0.728. The lowest BCUT2D eigenvalue weighted by molar-refractivity contribution is -0.137. The smallest absolute Gasteiger partial charge is 0.304 e. The van der Waals surface area contributed by atoms with E-state index in [2.05, 4.69) is 43.0 Å². The first-order valence-corrected chi connectivity index (χ1v) is 7.06. The van der Waals surface area contributed by atoms with E-state index in [1.54, 1.807) is 0 Å². The van der Waals surface area contributed by atoms with Gasteiger partial charge in [0.1, 0.15) is 0 Å². The molecule has 19 heavy (non-hydrogen) atoms. The minimum Gasteiger partial charge on any atom is -0.481 e. The van der Waals surface area contributed by atoms with Crippen molar-refractivity contribution in [3.63, 3.8) is 0 Å². The Morgan fingerprint density at radius 3 is 2.26 bits per heavy atom. The Kier molecular flexibility index (Phi) is 6.57. The third-order valence-electron chi connectivity index (χ3n) is 3.68. The molecule has 0 aliphatic heterocycles. The molecule has 106 valence electrons. The number of hydrogen-bond donors (Lipinski definition) is 1. The number of carbonyl (C=O) groups is 1. The minimum absolute atomic E-state index is 0.210. The first kappa shape index (κ1) is 15.7. The normalized spacial score (nSPS) is 12.6. The zero-order valence-corrected chi connectivity index (χ0v) is 12.2. The van der Waals surface area contributed by atoms with E-state index in [9.17, 15) is 4.79 Å². The van der Waals surface area contributed by atoms with Crippen LogP contribution in [0.15, 0.2) is 24.3 Å². The number of hydrogen-bond acceptors (Lipinski definition) is 2. The molecule has 1 rings (SSSR count). The fourth-order valence-corrected chi connectivity index (χ4v) is 2.25. The summed E-state index contributed by atoms with van der Waals surface area (Å²) in [6.07, 6.45) is 3.29. The standard InChI is InChI=1S/C16H25NO2/c1-4-13-6-8-14(9-7-13)12-15(5-2)17(3)11-10-16(18)19/h6-9,15H,4-5,10-12H2,1-3H3,(H,18,19). The van der Waals surface area contributed by atoms with Crippen molar-refractivity contribution in [3.05, 3.63) is 35.4 Å². The molecule has 1 N–H and O–H groups in total. The summed E-state index contributed by atoms with van der Waals surface area (Å²) in [4.78, 5) is 12.8. The van der Waals surface area contributed by atoms with Gasteiger partial charge in [0.05, 0.1) is 6.42 Å². The molecule has 0 amide bonds. The molecule has 0 heterocycles. The van der Waals surface area contributed by atoms with Gasteiger partial charge in [0, 0.05) is 12.6 Å². The fraction of sp³-hybridized carbons (Fsp3) is 0.562. The van der Waals surface area contributed by atoms with E-state index in [-0.39, 0.29) is 6.42 Å². The van der Waals surface area contributed by atoms with Gasteiger partial charge < -0.3 is 10.0 Å².